The first kappa shape index (κ1) is 14.4. The van der Waals surface area contributed by atoms with E-state index in [9.17, 15) is 22.0 Å². The first-order valence-electron chi connectivity index (χ1n) is 5.08. The van der Waals surface area contributed by atoms with E-state index in [1.54, 1.807) is 0 Å². The van der Waals surface area contributed by atoms with E-state index in [1.165, 1.54) is 0 Å². The minimum absolute atomic E-state index is 0.234. The van der Waals surface area contributed by atoms with Crippen LogP contribution in [-0.2, 0) is 6.18 Å². The van der Waals surface area contributed by atoms with Gasteiger partial charge in [-0.05, 0) is 23.7 Å². The molecule has 1 aromatic carbocycles. The van der Waals surface area contributed by atoms with Gasteiger partial charge in [-0.25, -0.2) is 13.8 Å². The van der Waals surface area contributed by atoms with Crippen molar-refractivity contribution in [2.24, 2.45) is 0 Å². The van der Waals surface area contributed by atoms with Crippen LogP contribution < -0.4 is 5.32 Å². The fourth-order valence-electron chi connectivity index (χ4n) is 1.43. The van der Waals surface area contributed by atoms with Crippen molar-refractivity contribution in [1.82, 2.24) is 9.97 Å². The molecule has 0 aliphatic heterocycles. The third-order valence-corrected chi connectivity index (χ3v) is 2.37. The molecule has 1 N–H and O–H groups in total. The van der Waals surface area contributed by atoms with Crippen LogP contribution in [0.5, 0.6) is 0 Å². The Balaban J connectivity index is 2.44. The summed E-state index contributed by atoms with van der Waals surface area (Å²) in [7, 11) is 0. The van der Waals surface area contributed by atoms with Crippen molar-refractivity contribution < 1.29 is 22.0 Å². The summed E-state index contributed by atoms with van der Waals surface area (Å²) in [6, 6.07) is 2.22. The molecule has 0 atom stereocenters. The molecule has 2 rings (SSSR count). The standard InChI is InChI=1S/C11H5ClF5N3/c12-10-18-4-8(11(15,16)17)9(20-10)19-7-2-5(13)1-6(14)3-7/h1-4H,(H,18,19,20). The van der Waals surface area contributed by atoms with Crippen LogP contribution in [0.25, 0.3) is 0 Å². The molecular weight excluding hydrogens is 305 g/mol. The number of anilines is 2. The van der Waals surface area contributed by atoms with E-state index in [2.05, 4.69) is 15.3 Å². The second-order valence-electron chi connectivity index (χ2n) is 3.68. The number of rotatable bonds is 2. The van der Waals surface area contributed by atoms with Crippen molar-refractivity contribution >= 4 is 23.1 Å². The second kappa shape index (κ2) is 5.20. The van der Waals surface area contributed by atoms with Gasteiger partial charge in [0.25, 0.3) is 0 Å². The van der Waals surface area contributed by atoms with Gasteiger partial charge in [-0.2, -0.15) is 18.2 Å². The Labute approximate surface area is 114 Å². The Morgan fingerprint density at radius 2 is 1.65 bits per heavy atom. The van der Waals surface area contributed by atoms with Gasteiger partial charge in [-0.15, -0.1) is 0 Å². The Morgan fingerprint density at radius 3 is 2.20 bits per heavy atom. The fourth-order valence-corrected chi connectivity index (χ4v) is 1.56. The Bertz CT molecular complexity index is 624. The maximum absolute atomic E-state index is 13.0. The number of nitrogens with one attached hydrogen (secondary N) is 1. The minimum Gasteiger partial charge on any atom is -0.339 e. The highest BCUT2D eigenvalue weighted by Gasteiger charge is 2.35. The third-order valence-electron chi connectivity index (χ3n) is 2.19. The maximum atomic E-state index is 13.0. The molecule has 9 heteroatoms. The van der Waals surface area contributed by atoms with Crippen LogP contribution in [0.3, 0.4) is 0 Å². The van der Waals surface area contributed by atoms with Crippen LogP contribution in [0.15, 0.2) is 24.4 Å². The average Bonchev–Trinajstić information content (AvgIpc) is 2.25. The van der Waals surface area contributed by atoms with Crippen LogP contribution in [-0.4, -0.2) is 9.97 Å². The number of halogens is 6. The van der Waals surface area contributed by atoms with Gasteiger partial charge in [0.15, 0.2) is 0 Å². The number of benzene rings is 1. The molecule has 0 aliphatic carbocycles. The predicted molar refractivity (Wildman–Crippen MR) is 61.7 cm³/mol. The van der Waals surface area contributed by atoms with E-state index in [0.29, 0.717) is 12.3 Å². The van der Waals surface area contributed by atoms with Crippen LogP contribution in [0.1, 0.15) is 5.56 Å². The summed E-state index contributed by atoms with van der Waals surface area (Å²) in [5.74, 6) is -2.58. The molecule has 1 aromatic heterocycles. The zero-order chi connectivity index (χ0) is 14.9. The van der Waals surface area contributed by atoms with E-state index < -0.39 is 34.5 Å². The molecule has 2 aromatic rings. The van der Waals surface area contributed by atoms with Gasteiger partial charge in [0, 0.05) is 18.0 Å². The number of alkyl halides is 3. The van der Waals surface area contributed by atoms with E-state index in [4.69, 9.17) is 11.6 Å². The lowest BCUT2D eigenvalue weighted by Crippen LogP contribution is -2.11. The Kier molecular flexibility index (Phi) is 3.76. The molecular formula is C11H5ClF5N3. The third kappa shape index (κ3) is 3.32. The van der Waals surface area contributed by atoms with Gasteiger partial charge in [0.05, 0.1) is 0 Å². The van der Waals surface area contributed by atoms with E-state index >= 15 is 0 Å². The van der Waals surface area contributed by atoms with Crippen molar-refractivity contribution in [1.29, 1.82) is 0 Å². The molecule has 20 heavy (non-hydrogen) atoms. The Hall–Kier alpha value is -1.96. The molecule has 1 heterocycles. The smallest absolute Gasteiger partial charge is 0.339 e. The number of hydrogen-bond acceptors (Lipinski definition) is 3. The van der Waals surface area contributed by atoms with Crippen LogP contribution in [0.2, 0.25) is 5.28 Å². The van der Waals surface area contributed by atoms with Crippen molar-refractivity contribution in [2.75, 3.05) is 5.32 Å². The predicted octanol–water partition coefficient (Wildman–Crippen LogP) is 4.17. The van der Waals surface area contributed by atoms with E-state index in [1.807, 2.05) is 0 Å². The van der Waals surface area contributed by atoms with Crippen LogP contribution in [0.4, 0.5) is 33.5 Å². The quantitative estimate of drug-likeness (QED) is 0.668. The molecule has 0 saturated carbocycles. The highest BCUT2D eigenvalue weighted by atomic mass is 35.5. The molecule has 106 valence electrons. The van der Waals surface area contributed by atoms with Gasteiger partial charge >= 0.3 is 6.18 Å². The van der Waals surface area contributed by atoms with Crippen LogP contribution >= 0.6 is 11.6 Å². The lowest BCUT2D eigenvalue weighted by atomic mass is 10.2. The van der Waals surface area contributed by atoms with Gasteiger partial charge in [-0.1, -0.05) is 0 Å². The first-order valence-corrected chi connectivity index (χ1v) is 5.46. The number of nitrogens with zero attached hydrogens (tertiary/aromatic N) is 2. The number of hydrogen-bond donors (Lipinski definition) is 1. The highest BCUT2D eigenvalue weighted by molar-refractivity contribution is 6.28. The molecule has 0 unspecified atom stereocenters. The maximum Gasteiger partial charge on any atom is 0.421 e. The van der Waals surface area contributed by atoms with Crippen molar-refractivity contribution in [3.63, 3.8) is 0 Å². The summed E-state index contributed by atoms with van der Waals surface area (Å²) in [4.78, 5) is 6.60. The van der Waals surface area contributed by atoms with Crippen molar-refractivity contribution in [3.8, 4) is 0 Å². The zero-order valence-electron chi connectivity index (χ0n) is 9.47. The van der Waals surface area contributed by atoms with Gasteiger partial charge in [-0.3, -0.25) is 0 Å². The molecule has 0 bridgehead atoms. The molecule has 0 fully saturated rings. The molecule has 0 radical (unpaired) electrons. The topological polar surface area (TPSA) is 37.8 Å². The average molecular weight is 310 g/mol. The van der Waals surface area contributed by atoms with Crippen molar-refractivity contribution in [3.05, 3.63) is 46.9 Å². The van der Waals surface area contributed by atoms with Crippen molar-refractivity contribution in [2.45, 2.75) is 6.18 Å². The lowest BCUT2D eigenvalue weighted by Gasteiger charge is -2.13. The molecule has 3 nitrogen and oxygen atoms in total. The van der Waals surface area contributed by atoms with Gasteiger partial charge in [0.1, 0.15) is 23.0 Å². The largest absolute Gasteiger partial charge is 0.421 e. The Morgan fingerprint density at radius 1 is 1.05 bits per heavy atom. The first-order chi connectivity index (χ1) is 9.25. The zero-order valence-corrected chi connectivity index (χ0v) is 10.2. The van der Waals surface area contributed by atoms with Gasteiger partial charge in [0.2, 0.25) is 5.28 Å². The van der Waals surface area contributed by atoms with E-state index in [-0.39, 0.29) is 5.69 Å². The lowest BCUT2D eigenvalue weighted by molar-refractivity contribution is -0.137. The summed E-state index contributed by atoms with van der Waals surface area (Å²) in [6.45, 7) is 0. The summed E-state index contributed by atoms with van der Waals surface area (Å²) in [5, 5.41) is 1.73. The molecule has 0 amide bonds. The monoisotopic (exact) mass is 309 g/mol. The molecule has 0 spiro atoms. The summed E-state index contributed by atoms with van der Waals surface area (Å²) < 4.78 is 64.2. The molecule has 0 saturated heterocycles. The molecule has 0 aliphatic rings. The van der Waals surface area contributed by atoms with Gasteiger partial charge < -0.3 is 5.32 Å². The minimum atomic E-state index is -4.74. The second-order valence-corrected chi connectivity index (χ2v) is 4.02. The SMILES string of the molecule is Fc1cc(F)cc(Nc2nc(Cl)ncc2C(F)(F)F)c1. The number of aromatic nitrogens is 2. The summed E-state index contributed by atoms with van der Waals surface area (Å²) >= 11 is 5.42. The van der Waals surface area contributed by atoms with E-state index in [0.717, 1.165) is 12.1 Å². The summed E-state index contributed by atoms with van der Waals surface area (Å²) in [6.07, 6.45) is -4.26. The van der Waals surface area contributed by atoms with Crippen LogP contribution in [0, 0.1) is 11.6 Å². The summed E-state index contributed by atoms with van der Waals surface area (Å²) in [5.41, 5.74) is -1.44. The normalized spacial score (nSPS) is 11.5. The fraction of sp³-hybridized carbons (Fsp3) is 0.0909. The highest BCUT2D eigenvalue weighted by Crippen LogP contribution is 2.35.